The molecule has 0 amide bonds. The molecule has 0 aliphatic heterocycles. The van der Waals surface area contributed by atoms with Gasteiger partial charge in [0.15, 0.2) is 0 Å². The van der Waals surface area contributed by atoms with Crippen molar-refractivity contribution in [2.24, 2.45) is 5.73 Å². The van der Waals surface area contributed by atoms with Crippen molar-refractivity contribution in [3.05, 3.63) is 35.9 Å². The van der Waals surface area contributed by atoms with Gasteiger partial charge in [0.1, 0.15) is 0 Å². The van der Waals surface area contributed by atoms with Crippen LogP contribution in [-0.4, -0.2) is 12.1 Å². The number of hydrogen-bond donors (Lipinski definition) is 2. The molecular formula is C16H26N2. The molecule has 0 radical (unpaired) electrons. The lowest BCUT2D eigenvalue weighted by Gasteiger charge is -2.25. The van der Waals surface area contributed by atoms with Gasteiger partial charge in [0.05, 0.1) is 0 Å². The third kappa shape index (κ3) is 3.82. The van der Waals surface area contributed by atoms with E-state index < -0.39 is 0 Å². The molecule has 1 aliphatic carbocycles. The minimum atomic E-state index is 0.185. The highest BCUT2D eigenvalue weighted by molar-refractivity contribution is 5.18. The van der Waals surface area contributed by atoms with Crippen molar-refractivity contribution >= 4 is 0 Å². The third-order valence-electron chi connectivity index (χ3n) is 4.18. The highest BCUT2D eigenvalue weighted by Gasteiger charge is 2.27. The summed E-state index contributed by atoms with van der Waals surface area (Å²) in [4.78, 5) is 0. The van der Waals surface area contributed by atoms with Crippen LogP contribution in [0.2, 0.25) is 0 Å². The molecule has 2 heteroatoms. The molecular weight excluding hydrogens is 220 g/mol. The monoisotopic (exact) mass is 246 g/mol. The molecule has 1 unspecified atom stereocenters. The Morgan fingerprint density at radius 1 is 1.22 bits per heavy atom. The highest BCUT2D eigenvalue weighted by atomic mass is 15.0. The fraction of sp³-hybridized carbons (Fsp3) is 0.625. The highest BCUT2D eigenvalue weighted by Crippen LogP contribution is 2.28. The summed E-state index contributed by atoms with van der Waals surface area (Å²) < 4.78 is 0. The van der Waals surface area contributed by atoms with Crippen LogP contribution in [0, 0.1) is 0 Å². The summed E-state index contributed by atoms with van der Waals surface area (Å²) in [5, 5.41) is 3.71. The van der Waals surface area contributed by atoms with Crippen molar-refractivity contribution < 1.29 is 0 Å². The van der Waals surface area contributed by atoms with Crippen molar-refractivity contribution in [1.82, 2.24) is 5.32 Å². The molecule has 0 saturated heterocycles. The summed E-state index contributed by atoms with van der Waals surface area (Å²) in [7, 11) is 0. The van der Waals surface area contributed by atoms with Gasteiger partial charge in [-0.1, -0.05) is 43.2 Å². The van der Waals surface area contributed by atoms with Crippen LogP contribution in [0.25, 0.3) is 0 Å². The van der Waals surface area contributed by atoms with E-state index in [9.17, 15) is 0 Å². The van der Waals surface area contributed by atoms with Gasteiger partial charge >= 0.3 is 0 Å². The second kappa shape index (κ2) is 6.35. The molecule has 2 rings (SSSR count). The van der Waals surface area contributed by atoms with E-state index in [0.717, 1.165) is 19.4 Å². The third-order valence-corrected chi connectivity index (χ3v) is 4.18. The topological polar surface area (TPSA) is 38.0 Å². The van der Waals surface area contributed by atoms with Gasteiger partial charge in [-0.2, -0.15) is 0 Å². The Hall–Kier alpha value is -0.860. The molecule has 1 aromatic rings. The summed E-state index contributed by atoms with van der Waals surface area (Å²) in [5.41, 5.74) is 7.85. The number of benzene rings is 1. The van der Waals surface area contributed by atoms with Gasteiger partial charge in [0.25, 0.3) is 0 Å². The van der Waals surface area contributed by atoms with E-state index in [-0.39, 0.29) is 6.04 Å². The van der Waals surface area contributed by atoms with E-state index in [1.54, 1.807) is 0 Å². The molecule has 0 aromatic heterocycles. The fourth-order valence-corrected chi connectivity index (χ4v) is 2.91. The molecule has 3 N–H and O–H groups in total. The lowest BCUT2D eigenvalue weighted by molar-refractivity contribution is 0.358. The predicted octanol–water partition coefficient (Wildman–Crippen LogP) is 3.39. The van der Waals surface area contributed by atoms with Gasteiger partial charge in [0, 0.05) is 11.6 Å². The van der Waals surface area contributed by atoms with Crippen LogP contribution >= 0.6 is 0 Å². The van der Waals surface area contributed by atoms with Crippen LogP contribution in [0.3, 0.4) is 0 Å². The average Bonchev–Trinajstić information content (AvgIpc) is 2.83. The van der Waals surface area contributed by atoms with Crippen LogP contribution < -0.4 is 11.1 Å². The quantitative estimate of drug-likeness (QED) is 0.755. The standard InChI is InChI=1S/C16H26N2/c1-16(11-5-6-12-16)18-13-7-10-15(17)14-8-3-2-4-9-14/h2-4,8-9,15,18H,5-7,10-13,17H2,1H3. The molecule has 1 atom stereocenters. The van der Waals surface area contributed by atoms with Gasteiger partial charge in [-0.25, -0.2) is 0 Å². The van der Waals surface area contributed by atoms with E-state index in [4.69, 9.17) is 5.73 Å². The van der Waals surface area contributed by atoms with Gasteiger partial charge in [-0.05, 0) is 44.7 Å². The minimum absolute atomic E-state index is 0.185. The molecule has 1 aliphatic rings. The van der Waals surface area contributed by atoms with Crippen LogP contribution in [0.15, 0.2) is 30.3 Å². The molecule has 1 fully saturated rings. The number of rotatable bonds is 6. The van der Waals surface area contributed by atoms with E-state index in [0.29, 0.717) is 5.54 Å². The first-order chi connectivity index (χ1) is 8.70. The van der Waals surface area contributed by atoms with Gasteiger partial charge in [0.2, 0.25) is 0 Å². The second-order valence-corrected chi connectivity index (χ2v) is 5.85. The number of hydrogen-bond acceptors (Lipinski definition) is 2. The van der Waals surface area contributed by atoms with Crippen LogP contribution in [-0.2, 0) is 0 Å². The Bertz CT molecular complexity index is 341. The Kier molecular flexibility index (Phi) is 4.79. The van der Waals surface area contributed by atoms with Crippen molar-refractivity contribution in [1.29, 1.82) is 0 Å². The number of nitrogens with two attached hydrogens (primary N) is 1. The van der Waals surface area contributed by atoms with Gasteiger partial charge in [-0.15, -0.1) is 0 Å². The summed E-state index contributed by atoms with van der Waals surface area (Å²) in [5.74, 6) is 0. The maximum atomic E-state index is 6.19. The minimum Gasteiger partial charge on any atom is -0.324 e. The predicted molar refractivity (Wildman–Crippen MR) is 77.5 cm³/mol. The first-order valence-electron chi connectivity index (χ1n) is 7.25. The Balaban J connectivity index is 1.66. The first-order valence-corrected chi connectivity index (χ1v) is 7.25. The van der Waals surface area contributed by atoms with Crippen LogP contribution in [0.1, 0.15) is 57.1 Å². The number of nitrogens with one attached hydrogen (secondary N) is 1. The van der Waals surface area contributed by atoms with Gasteiger partial charge in [-0.3, -0.25) is 0 Å². The van der Waals surface area contributed by atoms with E-state index in [1.807, 2.05) is 6.07 Å². The van der Waals surface area contributed by atoms with Crippen molar-refractivity contribution in [3.63, 3.8) is 0 Å². The largest absolute Gasteiger partial charge is 0.324 e. The van der Waals surface area contributed by atoms with E-state index in [1.165, 1.54) is 31.2 Å². The van der Waals surface area contributed by atoms with Crippen molar-refractivity contribution in [2.75, 3.05) is 6.54 Å². The second-order valence-electron chi connectivity index (χ2n) is 5.85. The SMILES string of the molecule is CC1(NCCCC(N)c2ccccc2)CCCC1. The van der Waals surface area contributed by atoms with E-state index in [2.05, 4.69) is 36.5 Å². The Labute approximate surface area is 111 Å². The Morgan fingerprint density at radius 2 is 1.89 bits per heavy atom. The molecule has 18 heavy (non-hydrogen) atoms. The maximum absolute atomic E-state index is 6.19. The molecule has 0 bridgehead atoms. The summed E-state index contributed by atoms with van der Waals surface area (Å²) in [6.07, 6.45) is 7.65. The maximum Gasteiger partial charge on any atom is 0.0295 e. The zero-order chi connectivity index (χ0) is 12.8. The Morgan fingerprint density at radius 3 is 2.56 bits per heavy atom. The molecule has 100 valence electrons. The van der Waals surface area contributed by atoms with Crippen molar-refractivity contribution in [2.45, 2.75) is 57.0 Å². The summed E-state index contributed by atoms with van der Waals surface area (Å²) in [6, 6.07) is 10.6. The lowest BCUT2D eigenvalue weighted by Crippen LogP contribution is -2.40. The zero-order valence-corrected chi connectivity index (χ0v) is 11.5. The smallest absolute Gasteiger partial charge is 0.0295 e. The molecule has 1 aromatic carbocycles. The van der Waals surface area contributed by atoms with Crippen molar-refractivity contribution in [3.8, 4) is 0 Å². The first kappa shape index (κ1) is 13.6. The van der Waals surface area contributed by atoms with E-state index >= 15 is 0 Å². The van der Waals surface area contributed by atoms with Gasteiger partial charge < -0.3 is 11.1 Å². The fourth-order valence-electron chi connectivity index (χ4n) is 2.91. The zero-order valence-electron chi connectivity index (χ0n) is 11.5. The normalized spacial score (nSPS) is 19.9. The lowest BCUT2D eigenvalue weighted by atomic mass is 9.99. The molecule has 0 spiro atoms. The summed E-state index contributed by atoms with van der Waals surface area (Å²) in [6.45, 7) is 3.45. The molecule has 1 saturated carbocycles. The summed E-state index contributed by atoms with van der Waals surface area (Å²) >= 11 is 0. The van der Waals surface area contributed by atoms with Crippen LogP contribution in [0.4, 0.5) is 0 Å². The average molecular weight is 246 g/mol. The van der Waals surface area contributed by atoms with Crippen LogP contribution in [0.5, 0.6) is 0 Å². The molecule has 2 nitrogen and oxygen atoms in total. The molecule has 0 heterocycles.